The predicted molar refractivity (Wildman–Crippen MR) is 73.4 cm³/mol. The number of benzene rings is 1. The SMILES string of the molecule is COc1cc(C=CCO)ccc1Oc1cccnc1. The molecule has 2 aromatic rings. The Hall–Kier alpha value is -2.33. The lowest BCUT2D eigenvalue weighted by molar-refractivity contribution is 0.343. The highest BCUT2D eigenvalue weighted by molar-refractivity contribution is 5.56. The third kappa shape index (κ3) is 3.56. The van der Waals surface area contributed by atoms with E-state index >= 15 is 0 Å². The number of rotatable bonds is 5. The summed E-state index contributed by atoms with van der Waals surface area (Å²) in [5.74, 6) is 1.90. The lowest BCUT2D eigenvalue weighted by Gasteiger charge is -2.10. The Kier molecular flexibility index (Phi) is 4.53. The van der Waals surface area contributed by atoms with Crippen molar-refractivity contribution in [1.82, 2.24) is 4.98 Å². The molecule has 0 unspecified atom stereocenters. The van der Waals surface area contributed by atoms with Gasteiger partial charge in [-0.25, -0.2) is 0 Å². The zero-order chi connectivity index (χ0) is 13.5. The van der Waals surface area contributed by atoms with Crippen LogP contribution in [0.4, 0.5) is 0 Å². The minimum Gasteiger partial charge on any atom is -0.493 e. The number of aliphatic hydroxyl groups excluding tert-OH is 1. The number of aromatic nitrogens is 1. The van der Waals surface area contributed by atoms with Crippen molar-refractivity contribution in [1.29, 1.82) is 0 Å². The molecule has 0 atom stereocenters. The van der Waals surface area contributed by atoms with E-state index in [0.29, 0.717) is 17.2 Å². The smallest absolute Gasteiger partial charge is 0.169 e. The number of nitrogens with zero attached hydrogens (tertiary/aromatic N) is 1. The lowest BCUT2D eigenvalue weighted by atomic mass is 10.2. The van der Waals surface area contributed by atoms with Crippen LogP contribution in [0, 0.1) is 0 Å². The van der Waals surface area contributed by atoms with Gasteiger partial charge in [0.1, 0.15) is 5.75 Å². The van der Waals surface area contributed by atoms with Gasteiger partial charge in [0.25, 0.3) is 0 Å². The van der Waals surface area contributed by atoms with Gasteiger partial charge in [-0.15, -0.1) is 0 Å². The van der Waals surface area contributed by atoms with E-state index in [1.165, 1.54) is 0 Å². The van der Waals surface area contributed by atoms with E-state index in [-0.39, 0.29) is 6.61 Å². The Bertz CT molecular complexity index is 553. The molecule has 19 heavy (non-hydrogen) atoms. The summed E-state index contributed by atoms with van der Waals surface area (Å²) in [6, 6.07) is 9.19. The molecule has 0 radical (unpaired) electrons. The molecule has 0 aliphatic carbocycles. The Morgan fingerprint density at radius 3 is 2.84 bits per heavy atom. The number of hydrogen-bond acceptors (Lipinski definition) is 4. The summed E-state index contributed by atoms with van der Waals surface area (Å²) in [4.78, 5) is 3.99. The lowest BCUT2D eigenvalue weighted by Crippen LogP contribution is -1.91. The first-order valence-corrected chi connectivity index (χ1v) is 5.87. The standard InChI is InChI=1S/C15H15NO3/c1-18-15-10-12(4-3-9-17)6-7-14(15)19-13-5-2-8-16-11-13/h2-8,10-11,17H,9H2,1H3. The van der Waals surface area contributed by atoms with Crippen LogP contribution in [-0.2, 0) is 0 Å². The van der Waals surface area contributed by atoms with Crippen LogP contribution in [0.25, 0.3) is 6.08 Å². The van der Waals surface area contributed by atoms with E-state index in [9.17, 15) is 0 Å². The second-order valence-electron chi connectivity index (χ2n) is 3.79. The van der Waals surface area contributed by atoms with Gasteiger partial charge in [-0.05, 0) is 29.8 Å². The third-order valence-electron chi connectivity index (χ3n) is 2.47. The minimum atomic E-state index is 0.0102. The minimum absolute atomic E-state index is 0.0102. The maximum Gasteiger partial charge on any atom is 0.169 e. The van der Waals surface area contributed by atoms with Crippen molar-refractivity contribution in [2.45, 2.75) is 0 Å². The van der Waals surface area contributed by atoms with E-state index in [0.717, 1.165) is 5.56 Å². The normalized spacial score (nSPS) is 10.6. The second-order valence-corrected chi connectivity index (χ2v) is 3.79. The number of methoxy groups -OCH3 is 1. The van der Waals surface area contributed by atoms with E-state index in [4.69, 9.17) is 14.6 Å². The maximum absolute atomic E-state index is 8.75. The highest BCUT2D eigenvalue weighted by atomic mass is 16.5. The molecule has 0 aliphatic heterocycles. The molecule has 0 spiro atoms. The van der Waals surface area contributed by atoms with Crippen LogP contribution in [0.5, 0.6) is 17.2 Å². The Labute approximate surface area is 111 Å². The first-order chi connectivity index (χ1) is 9.33. The van der Waals surface area contributed by atoms with Crippen molar-refractivity contribution in [3.63, 3.8) is 0 Å². The molecule has 1 heterocycles. The van der Waals surface area contributed by atoms with Gasteiger partial charge in [-0.3, -0.25) is 4.98 Å². The zero-order valence-electron chi connectivity index (χ0n) is 10.6. The van der Waals surface area contributed by atoms with Crippen LogP contribution in [0.1, 0.15) is 5.56 Å². The molecule has 1 aromatic heterocycles. The van der Waals surface area contributed by atoms with Crippen LogP contribution in [0.3, 0.4) is 0 Å². The van der Waals surface area contributed by atoms with E-state index in [2.05, 4.69) is 4.98 Å². The van der Waals surface area contributed by atoms with Crippen molar-refractivity contribution in [3.05, 3.63) is 54.4 Å². The molecule has 0 bridgehead atoms. The fourth-order valence-corrected chi connectivity index (χ4v) is 1.60. The van der Waals surface area contributed by atoms with Gasteiger partial charge in [0.05, 0.1) is 19.9 Å². The molecular formula is C15H15NO3. The molecule has 4 nitrogen and oxygen atoms in total. The topological polar surface area (TPSA) is 51.6 Å². The van der Waals surface area contributed by atoms with Crippen LogP contribution >= 0.6 is 0 Å². The van der Waals surface area contributed by atoms with Gasteiger partial charge >= 0.3 is 0 Å². The summed E-state index contributed by atoms with van der Waals surface area (Å²) in [6.45, 7) is 0.0102. The molecule has 98 valence electrons. The molecule has 1 aromatic carbocycles. The summed E-state index contributed by atoms with van der Waals surface area (Å²) in [7, 11) is 1.59. The average molecular weight is 257 g/mol. The zero-order valence-corrected chi connectivity index (χ0v) is 10.6. The number of hydrogen-bond donors (Lipinski definition) is 1. The van der Waals surface area contributed by atoms with Crippen LogP contribution in [0.15, 0.2) is 48.8 Å². The summed E-state index contributed by atoms with van der Waals surface area (Å²) in [6.07, 6.45) is 6.80. The molecule has 4 heteroatoms. The number of aliphatic hydroxyl groups is 1. The summed E-state index contributed by atoms with van der Waals surface area (Å²) < 4.78 is 11.0. The van der Waals surface area contributed by atoms with Gasteiger partial charge in [-0.2, -0.15) is 0 Å². The van der Waals surface area contributed by atoms with Crippen molar-refractivity contribution in [2.75, 3.05) is 13.7 Å². The van der Waals surface area contributed by atoms with Crippen molar-refractivity contribution in [3.8, 4) is 17.2 Å². The molecule has 0 amide bonds. The van der Waals surface area contributed by atoms with E-state index in [1.807, 2.05) is 30.3 Å². The van der Waals surface area contributed by atoms with Crippen LogP contribution < -0.4 is 9.47 Å². The van der Waals surface area contributed by atoms with Crippen molar-refractivity contribution in [2.24, 2.45) is 0 Å². The van der Waals surface area contributed by atoms with Crippen LogP contribution in [-0.4, -0.2) is 23.8 Å². The number of ether oxygens (including phenoxy) is 2. The average Bonchev–Trinajstić information content (AvgIpc) is 2.47. The van der Waals surface area contributed by atoms with E-state index in [1.54, 1.807) is 31.6 Å². The molecule has 1 N–H and O–H groups in total. The Morgan fingerprint density at radius 2 is 2.16 bits per heavy atom. The molecule has 0 fully saturated rings. The van der Waals surface area contributed by atoms with Gasteiger partial charge in [0.15, 0.2) is 11.5 Å². The molecule has 0 saturated heterocycles. The fraction of sp³-hybridized carbons (Fsp3) is 0.133. The maximum atomic E-state index is 8.75. The highest BCUT2D eigenvalue weighted by Crippen LogP contribution is 2.32. The Balaban J connectivity index is 2.23. The summed E-state index contributed by atoms with van der Waals surface area (Å²) in [5.41, 5.74) is 0.935. The molecule has 0 aliphatic rings. The van der Waals surface area contributed by atoms with Crippen molar-refractivity contribution < 1.29 is 14.6 Å². The van der Waals surface area contributed by atoms with Gasteiger partial charge < -0.3 is 14.6 Å². The summed E-state index contributed by atoms with van der Waals surface area (Å²) >= 11 is 0. The van der Waals surface area contributed by atoms with Gasteiger partial charge in [-0.1, -0.05) is 18.2 Å². The largest absolute Gasteiger partial charge is 0.493 e. The molecule has 0 saturated carbocycles. The number of pyridine rings is 1. The first kappa shape index (κ1) is 13.1. The highest BCUT2D eigenvalue weighted by Gasteiger charge is 2.06. The van der Waals surface area contributed by atoms with Crippen molar-refractivity contribution >= 4 is 6.08 Å². The monoisotopic (exact) mass is 257 g/mol. The van der Waals surface area contributed by atoms with Gasteiger partial charge in [0.2, 0.25) is 0 Å². The summed E-state index contributed by atoms with van der Waals surface area (Å²) in [5, 5.41) is 8.75. The third-order valence-corrected chi connectivity index (χ3v) is 2.47. The first-order valence-electron chi connectivity index (χ1n) is 5.87. The quantitative estimate of drug-likeness (QED) is 0.894. The molecular weight excluding hydrogens is 242 g/mol. The Morgan fingerprint density at radius 1 is 1.26 bits per heavy atom. The second kappa shape index (κ2) is 6.56. The van der Waals surface area contributed by atoms with Crippen LogP contribution in [0.2, 0.25) is 0 Å². The van der Waals surface area contributed by atoms with E-state index < -0.39 is 0 Å². The fourth-order valence-electron chi connectivity index (χ4n) is 1.60. The molecule has 2 rings (SSSR count). The predicted octanol–water partition coefficient (Wildman–Crippen LogP) is 2.89. The van der Waals surface area contributed by atoms with Gasteiger partial charge in [0, 0.05) is 6.20 Å².